The largest absolute Gasteiger partial charge is 0.309 e. The number of rotatable bonds is 7. The van der Waals surface area contributed by atoms with Crippen molar-refractivity contribution in [2.24, 2.45) is 0 Å². The summed E-state index contributed by atoms with van der Waals surface area (Å²) in [7, 11) is 0. The number of benzene rings is 9. The van der Waals surface area contributed by atoms with Gasteiger partial charge in [0.25, 0.3) is 0 Å². The summed E-state index contributed by atoms with van der Waals surface area (Å²) in [6, 6.07) is 79.3. The lowest BCUT2D eigenvalue weighted by molar-refractivity contribution is 1.07. The van der Waals surface area contributed by atoms with Gasteiger partial charge in [-0.05, 0) is 82.9 Å². The average molecular weight is 792 g/mol. The molecule has 9 aromatic carbocycles. The number of hydrogen-bond donors (Lipinski definition) is 0. The fourth-order valence-corrected chi connectivity index (χ4v) is 9.04. The molecule has 0 bridgehead atoms. The summed E-state index contributed by atoms with van der Waals surface area (Å²) in [6.45, 7) is 0. The van der Waals surface area contributed by atoms with Gasteiger partial charge in [-0.2, -0.15) is 0 Å². The van der Waals surface area contributed by atoms with Crippen molar-refractivity contribution in [3.63, 3.8) is 0 Å². The van der Waals surface area contributed by atoms with Crippen LogP contribution in [0.5, 0.6) is 0 Å². The molecule has 3 heterocycles. The molecule has 0 amide bonds. The Hall–Kier alpha value is -8.41. The summed E-state index contributed by atoms with van der Waals surface area (Å²) < 4.78 is 4.74. The van der Waals surface area contributed by atoms with Crippen LogP contribution in [0, 0.1) is 0 Å². The van der Waals surface area contributed by atoms with Gasteiger partial charge in [-0.1, -0.05) is 164 Å². The van der Waals surface area contributed by atoms with Crippen LogP contribution in [0.3, 0.4) is 0 Å². The third-order valence-corrected chi connectivity index (χ3v) is 12.0. The van der Waals surface area contributed by atoms with Gasteiger partial charge in [0.05, 0.1) is 22.1 Å². The van der Waals surface area contributed by atoms with Gasteiger partial charge in [0.2, 0.25) is 0 Å². The molecule has 0 saturated carbocycles. The Morgan fingerprint density at radius 2 is 0.661 bits per heavy atom. The first-order chi connectivity index (χ1) is 30.7. The third-order valence-electron chi connectivity index (χ3n) is 12.0. The lowest BCUT2D eigenvalue weighted by atomic mass is 10.0. The van der Waals surface area contributed by atoms with Gasteiger partial charge in [0.1, 0.15) is 0 Å². The zero-order valence-electron chi connectivity index (χ0n) is 33.6. The molecule has 0 N–H and O–H groups in total. The molecule has 0 saturated heterocycles. The standard InChI is InChI=1S/C57H37N5/c1-4-16-38(17-5-1)40-20-14-21-43(34-40)56-58-55(39-18-6-2-7-19-39)59-57(60-56)44-22-15-25-46(35-44)62-52-29-13-11-27-48(52)50-36-41(31-33-53(50)62)42-30-32-49-47-26-10-12-28-51(47)61(54(49)37-42)45-23-8-3-9-24-45/h1-37H. The lowest BCUT2D eigenvalue weighted by Gasteiger charge is -2.12. The molecule has 3 aromatic heterocycles. The highest BCUT2D eigenvalue weighted by molar-refractivity contribution is 6.12. The molecule has 0 atom stereocenters. The average Bonchev–Trinajstić information content (AvgIpc) is 3.87. The molecule has 0 aliphatic carbocycles. The second kappa shape index (κ2) is 14.7. The molecule has 0 spiro atoms. The Balaban J connectivity index is 0.985. The summed E-state index contributed by atoms with van der Waals surface area (Å²) >= 11 is 0. The number of nitrogens with zero attached hydrogens (tertiary/aromatic N) is 5. The summed E-state index contributed by atoms with van der Waals surface area (Å²) in [5, 5.41) is 4.88. The minimum absolute atomic E-state index is 0.618. The molecule has 5 heteroatoms. The van der Waals surface area contributed by atoms with E-state index in [9.17, 15) is 0 Å². The van der Waals surface area contributed by atoms with Crippen molar-refractivity contribution in [1.29, 1.82) is 0 Å². The molecule has 0 aliphatic rings. The molecular weight excluding hydrogens is 755 g/mol. The molecule has 12 aromatic rings. The molecule has 5 nitrogen and oxygen atoms in total. The Kier molecular flexibility index (Phi) is 8.42. The molecule has 0 radical (unpaired) electrons. The van der Waals surface area contributed by atoms with Crippen LogP contribution in [0.4, 0.5) is 0 Å². The highest BCUT2D eigenvalue weighted by Crippen LogP contribution is 2.39. The van der Waals surface area contributed by atoms with Crippen molar-refractivity contribution in [2.75, 3.05) is 0 Å². The van der Waals surface area contributed by atoms with Crippen LogP contribution in [0.25, 0.3) is 111 Å². The van der Waals surface area contributed by atoms with E-state index in [1.54, 1.807) is 0 Å². The van der Waals surface area contributed by atoms with E-state index in [2.05, 4.69) is 197 Å². The molecule has 290 valence electrons. The summed E-state index contributed by atoms with van der Waals surface area (Å²) in [6.07, 6.45) is 0. The van der Waals surface area contributed by atoms with Crippen molar-refractivity contribution in [3.8, 4) is 67.8 Å². The predicted molar refractivity (Wildman–Crippen MR) is 256 cm³/mol. The zero-order chi connectivity index (χ0) is 41.0. The lowest BCUT2D eigenvalue weighted by Crippen LogP contribution is -2.01. The number of aromatic nitrogens is 5. The smallest absolute Gasteiger partial charge is 0.164 e. The number of fused-ring (bicyclic) bond motifs is 6. The maximum absolute atomic E-state index is 5.15. The molecule has 12 rings (SSSR count). The van der Waals surface area contributed by atoms with Crippen molar-refractivity contribution in [1.82, 2.24) is 24.1 Å². The Labute approximate surface area is 358 Å². The van der Waals surface area contributed by atoms with E-state index >= 15 is 0 Å². The van der Waals surface area contributed by atoms with E-state index in [0.717, 1.165) is 50.2 Å². The molecule has 62 heavy (non-hydrogen) atoms. The molecule has 0 fully saturated rings. The quantitative estimate of drug-likeness (QED) is 0.162. The fourth-order valence-electron chi connectivity index (χ4n) is 9.04. The van der Waals surface area contributed by atoms with Gasteiger partial charge in [-0.25, -0.2) is 15.0 Å². The summed E-state index contributed by atoms with van der Waals surface area (Å²) in [5.41, 5.74) is 14.2. The van der Waals surface area contributed by atoms with Gasteiger partial charge >= 0.3 is 0 Å². The Bertz CT molecular complexity index is 3620. The van der Waals surface area contributed by atoms with Gasteiger partial charge in [-0.15, -0.1) is 0 Å². The summed E-state index contributed by atoms with van der Waals surface area (Å²) in [4.78, 5) is 15.3. The van der Waals surface area contributed by atoms with Crippen LogP contribution in [0.2, 0.25) is 0 Å². The molecular formula is C57H37N5. The van der Waals surface area contributed by atoms with Gasteiger partial charge in [-0.3, -0.25) is 0 Å². The van der Waals surface area contributed by atoms with Gasteiger partial charge < -0.3 is 9.13 Å². The van der Waals surface area contributed by atoms with Crippen molar-refractivity contribution >= 4 is 43.6 Å². The van der Waals surface area contributed by atoms with Crippen LogP contribution in [0.15, 0.2) is 224 Å². The van der Waals surface area contributed by atoms with E-state index in [4.69, 9.17) is 15.0 Å². The van der Waals surface area contributed by atoms with Crippen LogP contribution in [-0.2, 0) is 0 Å². The molecule has 0 aliphatic heterocycles. The normalized spacial score (nSPS) is 11.5. The Morgan fingerprint density at radius 3 is 1.37 bits per heavy atom. The maximum Gasteiger partial charge on any atom is 0.164 e. The first kappa shape index (κ1) is 35.5. The SMILES string of the molecule is c1ccc(-c2cccc(-c3nc(-c4ccccc4)nc(-c4cccc(-n5c6ccccc6c6cc(-c7ccc8c9ccccc9n(-c9ccccc9)c8c7)ccc65)c4)n3)c2)cc1. The van der Waals surface area contributed by atoms with Crippen molar-refractivity contribution in [3.05, 3.63) is 224 Å². The topological polar surface area (TPSA) is 48.5 Å². The maximum atomic E-state index is 5.15. The van der Waals surface area contributed by atoms with E-state index in [-0.39, 0.29) is 0 Å². The van der Waals surface area contributed by atoms with Gasteiger partial charge in [0.15, 0.2) is 17.5 Å². The van der Waals surface area contributed by atoms with Crippen molar-refractivity contribution < 1.29 is 0 Å². The summed E-state index contributed by atoms with van der Waals surface area (Å²) in [5.74, 6) is 1.88. The van der Waals surface area contributed by atoms with E-state index < -0.39 is 0 Å². The predicted octanol–water partition coefficient (Wildman–Crippen LogP) is 14.4. The Morgan fingerprint density at radius 1 is 0.226 bits per heavy atom. The first-order valence-electron chi connectivity index (χ1n) is 20.9. The molecule has 0 unspecified atom stereocenters. The minimum atomic E-state index is 0.618. The van der Waals surface area contributed by atoms with Crippen LogP contribution < -0.4 is 0 Å². The second-order valence-corrected chi connectivity index (χ2v) is 15.7. The number of hydrogen-bond acceptors (Lipinski definition) is 3. The van der Waals surface area contributed by atoms with E-state index in [1.165, 1.54) is 43.7 Å². The highest BCUT2D eigenvalue weighted by Gasteiger charge is 2.18. The fraction of sp³-hybridized carbons (Fsp3) is 0. The van der Waals surface area contributed by atoms with Crippen LogP contribution in [0.1, 0.15) is 0 Å². The third kappa shape index (κ3) is 6.06. The van der Waals surface area contributed by atoms with Crippen molar-refractivity contribution in [2.45, 2.75) is 0 Å². The van der Waals surface area contributed by atoms with Crippen LogP contribution >= 0.6 is 0 Å². The van der Waals surface area contributed by atoms with E-state index in [0.29, 0.717) is 17.5 Å². The zero-order valence-corrected chi connectivity index (χ0v) is 33.6. The second-order valence-electron chi connectivity index (χ2n) is 15.7. The monoisotopic (exact) mass is 791 g/mol. The minimum Gasteiger partial charge on any atom is -0.309 e. The van der Waals surface area contributed by atoms with E-state index in [1.807, 2.05) is 36.4 Å². The highest BCUT2D eigenvalue weighted by atomic mass is 15.0. The van der Waals surface area contributed by atoms with Crippen LogP contribution in [-0.4, -0.2) is 24.1 Å². The number of para-hydroxylation sites is 3. The first-order valence-corrected chi connectivity index (χ1v) is 20.9. The van der Waals surface area contributed by atoms with Gasteiger partial charge in [0, 0.05) is 49.6 Å².